The molecule has 3 rings (SSSR count). The second kappa shape index (κ2) is 3.71. The lowest BCUT2D eigenvalue weighted by Gasteiger charge is -2.50. The molecule has 0 aromatic rings. The molecule has 0 saturated heterocycles. The lowest BCUT2D eigenvalue weighted by Crippen LogP contribution is -2.64. The summed E-state index contributed by atoms with van der Waals surface area (Å²) in [4.78, 5) is 12.2. The lowest BCUT2D eigenvalue weighted by atomic mass is 9.63. The quantitative estimate of drug-likeness (QED) is 0.766. The van der Waals surface area contributed by atoms with Gasteiger partial charge in [-0.2, -0.15) is 0 Å². The number of fused-ring (bicyclic) bond motifs is 1. The van der Waals surface area contributed by atoms with Crippen LogP contribution in [0, 0.1) is 23.2 Å². The molecule has 0 radical (unpaired) electrons. The third-order valence-corrected chi connectivity index (χ3v) is 5.62. The predicted octanol–water partition coefficient (Wildman–Crippen LogP) is 1.66. The molecular weight excluding hydrogens is 212 g/mol. The molecule has 4 atom stereocenters. The average Bonchev–Trinajstić information content (AvgIpc) is 3.02. The Kier molecular flexibility index (Phi) is 2.51. The normalized spacial score (nSPS) is 46.6. The van der Waals surface area contributed by atoms with Gasteiger partial charge in [-0.3, -0.25) is 4.79 Å². The van der Waals surface area contributed by atoms with Crippen molar-refractivity contribution < 1.29 is 4.79 Å². The van der Waals surface area contributed by atoms with Gasteiger partial charge in [0.25, 0.3) is 0 Å². The van der Waals surface area contributed by atoms with E-state index in [9.17, 15) is 4.79 Å². The van der Waals surface area contributed by atoms with Crippen molar-refractivity contribution in [3.8, 4) is 0 Å². The number of carbonyl (C=O) groups excluding carboxylic acids is 1. The first kappa shape index (κ1) is 11.5. The zero-order valence-corrected chi connectivity index (χ0v) is 10.9. The maximum absolute atomic E-state index is 12.2. The molecular formula is C14H24N2O. The Bertz CT molecular complexity index is 327. The van der Waals surface area contributed by atoms with Gasteiger partial charge < -0.3 is 11.1 Å². The monoisotopic (exact) mass is 236 g/mol. The fourth-order valence-corrected chi connectivity index (χ4v) is 3.85. The lowest BCUT2D eigenvalue weighted by molar-refractivity contribution is -0.126. The minimum absolute atomic E-state index is 0.0791. The van der Waals surface area contributed by atoms with E-state index in [1.807, 2.05) is 0 Å². The highest BCUT2D eigenvalue weighted by molar-refractivity contribution is 5.82. The van der Waals surface area contributed by atoms with Crippen molar-refractivity contribution in [2.24, 2.45) is 28.9 Å². The third-order valence-electron chi connectivity index (χ3n) is 5.62. The van der Waals surface area contributed by atoms with Gasteiger partial charge >= 0.3 is 0 Å². The van der Waals surface area contributed by atoms with Gasteiger partial charge in [-0.05, 0) is 31.1 Å². The van der Waals surface area contributed by atoms with Crippen LogP contribution in [0.4, 0.5) is 0 Å². The molecule has 3 aliphatic rings. The highest BCUT2D eigenvalue weighted by Crippen LogP contribution is 2.55. The predicted molar refractivity (Wildman–Crippen MR) is 67.2 cm³/mol. The number of rotatable bonds is 2. The van der Waals surface area contributed by atoms with Gasteiger partial charge in [-0.1, -0.05) is 26.7 Å². The van der Waals surface area contributed by atoms with Crippen molar-refractivity contribution in [2.75, 3.05) is 0 Å². The van der Waals surface area contributed by atoms with E-state index >= 15 is 0 Å². The van der Waals surface area contributed by atoms with E-state index in [1.54, 1.807) is 0 Å². The minimum atomic E-state index is 0.0791. The largest absolute Gasteiger partial charge is 0.352 e. The summed E-state index contributed by atoms with van der Waals surface area (Å²) in [7, 11) is 0. The third kappa shape index (κ3) is 1.70. The second-order valence-electron chi connectivity index (χ2n) is 6.86. The van der Waals surface area contributed by atoms with Crippen molar-refractivity contribution in [2.45, 2.75) is 58.0 Å². The van der Waals surface area contributed by atoms with E-state index in [0.29, 0.717) is 29.7 Å². The molecule has 3 aliphatic carbocycles. The van der Waals surface area contributed by atoms with Crippen LogP contribution in [0.1, 0.15) is 46.0 Å². The maximum Gasteiger partial charge on any atom is 0.223 e. The van der Waals surface area contributed by atoms with Crippen molar-refractivity contribution in [3.05, 3.63) is 0 Å². The second-order valence-corrected chi connectivity index (χ2v) is 6.86. The van der Waals surface area contributed by atoms with Crippen LogP contribution in [0.3, 0.4) is 0 Å². The van der Waals surface area contributed by atoms with E-state index in [2.05, 4.69) is 19.2 Å². The first-order valence-corrected chi connectivity index (χ1v) is 7.08. The first-order valence-electron chi connectivity index (χ1n) is 7.08. The van der Waals surface area contributed by atoms with Crippen LogP contribution in [0.5, 0.6) is 0 Å². The zero-order chi connectivity index (χ0) is 12.2. The van der Waals surface area contributed by atoms with Gasteiger partial charge in [0.15, 0.2) is 0 Å². The molecule has 0 bridgehead atoms. The molecule has 3 fully saturated rings. The number of nitrogens with one attached hydrogen (secondary N) is 1. The van der Waals surface area contributed by atoms with Crippen molar-refractivity contribution in [1.82, 2.24) is 5.32 Å². The van der Waals surface area contributed by atoms with Crippen LogP contribution in [-0.4, -0.2) is 18.0 Å². The summed E-state index contributed by atoms with van der Waals surface area (Å²) in [5, 5.41) is 3.24. The van der Waals surface area contributed by atoms with Gasteiger partial charge in [0, 0.05) is 23.4 Å². The van der Waals surface area contributed by atoms with Crippen LogP contribution in [0.2, 0.25) is 0 Å². The molecule has 96 valence electrons. The molecule has 3 heteroatoms. The number of amides is 1. The summed E-state index contributed by atoms with van der Waals surface area (Å²) in [6.45, 7) is 4.32. The van der Waals surface area contributed by atoms with E-state index in [0.717, 1.165) is 6.42 Å². The molecule has 3 nitrogen and oxygen atoms in total. The van der Waals surface area contributed by atoms with Gasteiger partial charge in [0.1, 0.15) is 0 Å². The Morgan fingerprint density at radius 1 is 1.24 bits per heavy atom. The summed E-state index contributed by atoms with van der Waals surface area (Å²) < 4.78 is 0. The molecule has 3 N–H and O–H groups in total. The van der Waals surface area contributed by atoms with Crippen molar-refractivity contribution in [3.63, 3.8) is 0 Å². The van der Waals surface area contributed by atoms with Gasteiger partial charge in [-0.15, -0.1) is 0 Å². The smallest absolute Gasteiger partial charge is 0.223 e. The molecule has 0 aromatic carbocycles. The minimum Gasteiger partial charge on any atom is -0.352 e. The van der Waals surface area contributed by atoms with Crippen LogP contribution >= 0.6 is 0 Å². The standard InChI is InChI=1S/C14H24N2O/c1-14(2)10(15)7-11(14)16-13(17)12-8-5-3-4-6-9(8)12/h8-12H,3-7,15H2,1-2H3,(H,16,17). The van der Waals surface area contributed by atoms with Gasteiger partial charge in [0.05, 0.1) is 0 Å². The van der Waals surface area contributed by atoms with Gasteiger partial charge in [0.2, 0.25) is 5.91 Å². The number of carbonyl (C=O) groups is 1. The van der Waals surface area contributed by atoms with E-state index in [1.165, 1.54) is 25.7 Å². The van der Waals surface area contributed by atoms with E-state index < -0.39 is 0 Å². The zero-order valence-electron chi connectivity index (χ0n) is 10.9. The Morgan fingerprint density at radius 3 is 2.29 bits per heavy atom. The molecule has 0 spiro atoms. The summed E-state index contributed by atoms with van der Waals surface area (Å²) >= 11 is 0. The summed E-state index contributed by atoms with van der Waals surface area (Å²) in [6, 6.07) is 0.543. The highest BCUT2D eigenvalue weighted by atomic mass is 16.2. The van der Waals surface area contributed by atoms with Crippen molar-refractivity contribution in [1.29, 1.82) is 0 Å². The fraction of sp³-hybridized carbons (Fsp3) is 0.929. The van der Waals surface area contributed by atoms with E-state index in [-0.39, 0.29) is 11.5 Å². The summed E-state index contributed by atoms with van der Waals surface area (Å²) in [5.41, 5.74) is 6.06. The molecule has 3 saturated carbocycles. The topological polar surface area (TPSA) is 55.1 Å². The fourth-order valence-electron chi connectivity index (χ4n) is 3.85. The Labute approximate surface area is 104 Å². The first-order chi connectivity index (χ1) is 8.01. The number of hydrogen-bond acceptors (Lipinski definition) is 2. The highest BCUT2D eigenvalue weighted by Gasteiger charge is 2.56. The van der Waals surface area contributed by atoms with E-state index in [4.69, 9.17) is 5.73 Å². The SMILES string of the molecule is CC1(C)C(N)CC1NC(=O)C1C2CCCCC21. The van der Waals surface area contributed by atoms with Gasteiger partial charge in [-0.25, -0.2) is 0 Å². The summed E-state index contributed by atoms with van der Waals surface area (Å²) in [5.74, 6) is 2.07. The molecule has 1 amide bonds. The number of nitrogens with two attached hydrogens (primary N) is 1. The molecule has 0 heterocycles. The number of hydrogen-bond donors (Lipinski definition) is 2. The Morgan fingerprint density at radius 2 is 1.82 bits per heavy atom. The average molecular weight is 236 g/mol. The Balaban J connectivity index is 1.55. The van der Waals surface area contributed by atoms with Crippen LogP contribution in [0.15, 0.2) is 0 Å². The van der Waals surface area contributed by atoms with Crippen molar-refractivity contribution >= 4 is 5.91 Å². The van der Waals surface area contributed by atoms with Crippen LogP contribution in [-0.2, 0) is 4.79 Å². The van der Waals surface area contributed by atoms with Crippen LogP contribution < -0.4 is 11.1 Å². The summed E-state index contributed by atoms with van der Waals surface area (Å²) in [6.07, 6.45) is 6.14. The molecule has 0 aliphatic heterocycles. The molecule has 17 heavy (non-hydrogen) atoms. The van der Waals surface area contributed by atoms with Crippen LogP contribution in [0.25, 0.3) is 0 Å². The molecule has 4 unspecified atom stereocenters. The Hall–Kier alpha value is -0.570. The molecule has 0 aromatic heterocycles. The maximum atomic E-state index is 12.2.